The third kappa shape index (κ3) is 5.02. The Morgan fingerprint density at radius 3 is 2.58 bits per heavy atom. The summed E-state index contributed by atoms with van der Waals surface area (Å²) >= 11 is 0. The minimum absolute atomic E-state index is 0.163. The maximum Gasteiger partial charge on any atom is 0.408 e. The van der Waals surface area contributed by atoms with E-state index >= 15 is 4.39 Å². The third-order valence-corrected chi connectivity index (χ3v) is 7.79. The Labute approximate surface area is 232 Å². The van der Waals surface area contributed by atoms with E-state index in [0.29, 0.717) is 48.7 Å². The lowest BCUT2D eigenvalue weighted by atomic mass is 9.71. The largest absolute Gasteiger partial charge is 0.465 e. The number of carboxylic acid groups (broad SMARTS) is 1. The highest BCUT2D eigenvalue weighted by molar-refractivity contribution is 5.73. The Kier molecular flexibility index (Phi) is 7.28. The van der Waals surface area contributed by atoms with Gasteiger partial charge >= 0.3 is 6.09 Å². The van der Waals surface area contributed by atoms with Gasteiger partial charge in [-0.3, -0.25) is 9.69 Å². The molecule has 2 aromatic carbocycles. The van der Waals surface area contributed by atoms with Crippen molar-refractivity contribution >= 4 is 17.7 Å². The normalized spacial score (nSPS) is 21.2. The molecule has 3 aromatic rings. The highest BCUT2D eigenvalue weighted by Gasteiger charge is 2.55. The van der Waals surface area contributed by atoms with Gasteiger partial charge in [-0.2, -0.15) is 0 Å². The van der Waals surface area contributed by atoms with E-state index < -0.39 is 17.4 Å². The Hall–Kier alpha value is -3.96. The van der Waals surface area contributed by atoms with Crippen LogP contribution < -0.4 is 10.4 Å². The number of rotatable bonds is 6. The molecule has 2 aliphatic heterocycles. The number of nitrogens with one attached hydrogen (secondary N) is 2. The molecule has 11 heteroatoms. The van der Waals surface area contributed by atoms with Gasteiger partial charge in [-0.25, -0.2) is 24.1 Å². The molecule has 0 saturated carbocycles. The summed E-state index contributed by atoms with van der Waals surface area (Å²) in [5, 5.41) is 14.0. The summed E-state index contributed by atoms with van der Waals surface area (Å²) in [6.07, 6.45) is 1.88. The third-order valence-electron chi connectivity index (χ3n) is 7.79. The summed E-state index contributed by atoms with van der Waals surface area (Å²) < 4.78 is 15.1. The lowest BCUT2D eigenvalue weighted by Gasteiger charge is -2.45. The van der Waals surface area contributed by atoms with E-state index in [2.05, 4.69) is 15.3 Å². The lowest BCUT2D eigenvalue weighted by molar-refractivity contribution is -0.281. The number of hydrogen-bond donors (Lipinski definition) is 3. The molecule has 3 N–H and O–H groups in total. The van der Waals surface area contributed by atoms with Gasteiger partial charge in [-0.05, 0) is 41.5 Å². The summed E-state index contributed by atoms with van der Waals surface area (Å²) in [6, 6.07) is 12.3. The molecule has 0 radical (unpaired) electrons. The molecule has 2 amide bonds. The topological polar surface area (TPSA) is 120 Å². The van der Waals surface area contributed by atoms with E-state index in [4.69, 9.17) is 9.88 Å². The number of amides is 2. The number of H-pyrrole nitrogens is 1. The second-order valence-electron chi connectivity index (χ2n) is 11.3. The minimum atomic E-state index is -0.948. The number of likely N-dealkylation sites (tertiary alicyclic amines) is 1. The van der Waals surface area contributed by atoms with Gasteiger partial charge in [0.15, 0.2) is 0 Å². The number of hydrogen-bond acceptors (Lipinski definition) is 6. The predicted octanol–water partition coefficient (Wildman–Crippen LogP) is 5.09. The first-order chi connectivity index (χ1) is 19.0. The molecule has 212 valence electrons. The van der Waals surface area contributed by atoms with Gasteiger partial charge in [0, 0.05) is 31.6 Å². The zero-order chi connectivity index (χ0) is 28.7. The molecule has 40 heavy (non-hydrogen) atoms. The molecular formula is C29H34FN5O5. The van der Waals surface area contributed by atoms with E-state index in [-0.39, 0.29) is 17.4 Å². The van der Waals surface area contributed by atoms with E-state index in [1.54, 1.807) is 18.3 Å². The van der Waals surface area contributed by atoms with Crippen molar-refractivity contribution in [3.8, 4) is 22.4 Å². The number of imidazole rings is 1. The maximum atomic E-state index is 15.1. The van der Waals surface area contributed by atoms with Gasteiger partial charge in [0.1, 0.15) is 23.3 Å². The molecule has 0 spiro atoms. The van der Waals surface area contributed by atoms with Crippen molar-refractivity contribution in [1.82, 2.24) is 20.2 Å². The summed E-state index contributed by atoms with van der Waals surface area (Å²) in [7, 11) is 0. The van der Waals surface area contributed by atoms with Crippen LogP contribution in [0.2, 0.25) is 0 Å². The number of anilines is 1. The molecule has 2 aliphatic rings. The van der Waals surface area contributed by atoms with Crippen LogP contribution in [0.3, 0.4) is 0 Å². The van der Waals surface area contributed by atoms with Crippen LogP contribution in [0, 0.1) is 11.2 Å². The van der Waals surface area contributed by atoms with Gasteiger partial charge in [-0.1, -0.05) is 45.0 Å². The molecule has 2 fully saturated rings. The van der Waals surface area contributed by atoms with Gasteiger partial charge < -0.3 is 15.4 Å². The highest BCUT2D eigenvalue weighted by Crippen LogP contribution is 2.50. The molecule has 0 bridgehead atoms. The number of benzene rings is 2. The summed E-state index contributed by atoms with van der Waals surface area (Å²) in [5.74, 6) is 0.0574. The molecular weight excluding hydrogens is 517 g/mol. The standard InChI is InChI=1S/C29H34FN5O5/c1-18(36)31-15-22-17-35(40-39-22)21-10-11-23(24(30)14-21)19-6-8-20(9-7-19)25-16-32-26(33-25)29(28(2,3)4)12-5-13-34(29)27(37)38/h6-11,14,16,22H,5,12-13,15,17H2,1-4H3,(H,31,36)(H,32,33)(H,37,38). The van der Waals surface area contributed by atoms with E-state index in [1.165, 1.54) is 23.0 Å². The van der Waals surface area contributed by atoms with Crippen LogP contribution in [0.1, 0.15) is 46.4 Å². The Balaban J connectivity index is 1.33. The SMILES string of the molecule is CC(=O)NCC1CN(c2ccc(-c3ccc(-c4cnc(C5(C(C)(C)C)CCCN5C(=O)O)[nH]4)cc3)c(F)c2)OO1. The number of aromatic nitrogens is 2. The van der Waals surface area contributed by atoms with Crippen molar-refractivity contribution in [2.24, 2.45) is 5.41 Å². The fraction of sp³-hybridized carbons (Fsp3) is 0.414. The summed E-state index contributed by atoms with van der Waals surface area (Å²) in [4.78, 5) is 43.2. The highest BCUT2D eigenvalue weighted by atomic mass is 19.1. The first-order valence-electron chi connectivity index (χ1n) is 13.3. The van der Waals surface area contributed by atoms with E-state index in [1.807, 2.05) is 45.0 Å². The Bertz CT molecular complexity index is 1400. The first kappa shape index (κ1) is 27.6. The molecule has 2 atom stereocenters. The van der Waals surface area contributed by atoms with Crippen LogP contribution in [-0.2, 0) is 20.2 Å². The number of nitrogens with zero attached hydrogens (tertiary/aromatic N) is 3. The minimum Gasteiger partial charge on any atom is -0.465 e. The molecule has 2 saturated heterocycles. The second kappa shape index (κ2) is 10.5. The zero-order valence-corrected chi connectivity index (χ0v) is 23.0. The van der Waals surface area contributed by atoms with Crippen molar-refractivity contribution in [2.45, 2.75) is 52.2 Å². The molecule has 1 aromatic heterocycles. The van der Waals surface area contributed by atoms with Crippen molar-refractivity contribution < 1.29 is 29.0 Å². The molecule has 3 heterocycles. The average Bonchev–Trinajstić information content (AvgIpc) is 3.67. The Morgan fingerprint density at radius 2 is 1.93 bits per heavy atom. The van der Waals surface area contributed by atoms with Crippen molar-refractivity contribution in [2.75, 3.05) is 24.7 Å². The lowest BCUT2D eigenvalue weighted by Crippen LogP contribution is -2.53. The zero-order valence-electron chi connectivity index (χ0n) is 23.0. The van der Waals surface area contributed by atoms with Gasteiger partial charge in [-0.15, -0.1) is 4.99 Å². The molecule has 2 unspecified atom stereocenters. The molecule has 0 aliphatic carbocycles. The number of halogens is 1. The molecule has 10 nitrogen and oxygen atoms in total. The van der Waals surface area contributed by atoms with Crippen molar-refractivity contribution in [1.29, 1.82) is 0 Å². The number of hydroxylamine groups is 1. The quantitative estimate of drug-likeness (QED) is 0.365. The van der Waals surface area contributed by atoms with Gasteiger partial charge in [0.2, 0.25) is 5.91 Å². The van der Waals surface area contributed by atoms with E-state index in [0.717, 1.165) is 17.7 Å². The Morgan fingerprint density at radius 1 is 1.20 bits per heavy atom. The second-order valence-corrected chi connectivity index (χ2v) is 11.3. The van der Waals surface area contributed by atoms with Crippen molar-refractivity contribution in [3.63, 3.8) is 0 Å². The average molecular weight is 552 g/mol. The fourth-order valence-corrected chi connectivity index (χ4v) is 5.72. The smallest absolute Gasteiger partial charge is 0.408 e. The summed E-state index contributed by atoms with van der Waals surface area (Å²) in [5.41, 5.74) is 2.13. The summed E-state index contributed by atoms with van der Waals surface area (Å²) in [6.45, 7) is 8.66. The fourth-order valence-electron chi connectivity index (χ4n) is 5.72. The van der Waals surface area contributed by atoms with Crippen molar-refractivity contribution in [3.05, 3.63) is 60.3 Å². The van der Waals surface area contributed by atoms with Gasteiger partial charge in [0.05, 0.1) is 24.1 Å². The first-order valence-corrected chi connectivity index (χ1v) is 13.3. The van der Waals surface area contributed by atoms with Gasteiger partial charge in [0.25, 0.3) is 0 Å². The van der Waals surface area contributed by atoms with Crippen LogP contribution in [0.15, 0.2) is 48.7 Å². The van der Waals surface area contributed by atoms with Crippen LogP contribution in [-0.4, -0.2) is 57.7 Å². The van der Waals surface area contributed by atoms with Crippen LogP contribution in [0.25, 0.3) is 22.4 Å². The number of carbonyl (C=O) groups is 2. The van der Waals surface area contributed by atoms with E-state index in [9.17, 15) is 14.7 Å². The number of aromatic amines is 1. The van der Waals surface area contributed by atoms with Crippen LogP contribution >= 0.6 is 0 Å². The molecule has 5 rings (SSSR count). The van der Waals surface area contributed by atoms with Crippen LogP contribution in [0.5, 0.6) is 0 Å². The predicted molar refractivity (Wildman–Crippen MR) is 147 cm³/mol. The maximum absolute atomic E-state index is 15.1. The number of carbonyl (C=O) groups excluding carboxylic acids is 1. The monoisotopic (exact) mass is 551 g/mol. The van der Waals surface area contributed by atoms with Crippen LogP contribution in [0.4, 0.5) is 14.9 Å².